The monoisotopic (exact) mass is 294 g/mol. The maximum Gasteiger partial charge on any atom is 0.320 e. The highest BCUT2D eigenvalue weighted by Crippen LogP contribution is 2.24. The summed E-state index contributed by atoms with van der Waals surface area (Å²) in [5.74, 6) is -0.826. The Morgan fingerprint density at radius 3 is 2.52 bits per heavy atom. The van der Waals surface area contributed by atoms with Crippen LogP contribution in [0.5, 0.6) is 5.75 Å². The van der Waals surface area contributed by atoms with Gasteiger partial charge in [0.05, 0.1) is 19.3 Å². The molecule has 0 aliphatic carbocycles. The van der Waals surface area contributed by atoms with Crippen LogP contribution < -0.4 is 15.4 Å². The molecule has 0 saturated carbocycles. The van der Waals surface area contributed by atoms with E-state index in [0.717, 1.165) is 5.56 Å². The molecule has 0 aromatic heterocycles. The van der Waals surface area contributed by atoms with Crippen molar-refractivity contribution in [2.75, 3.05) is 19.0 Å². The van der Waals surface area contributed by atoms with Crippen molar-refractivity contribution in [3.05, 3.63) is 23.8 Å². The van der Waals surface area contributed by atoms with Crippen LogP contribution in [0.4, 0.5) is 5.69 Å². The van der Waals surface area contributed by atoms with Crippen LogP contribution in [-0.2, 0) is 9.59 Å². The third kappa shape index (κ3) is 5.07. The SMILES string of the molecule is COc1ccc(C)cc1NC(=O)CNC(C(=O)O)C(C)C. The molecule has 116 valence electrons. The molecule has 0 spiro atoms. The van der Waals surface area contributed by atoms with Crippen LogP contribution in [0.1, 0.15) is 19.4 Å². The van der Waals surface area contributed by atoms with Crippen molar-refractivity contribution in [2.24, 2.45) is 5.92 Å². The van der Waals surface area contributed by atoms with Gasteiger partial charge in [0.25, 0.3) is 0 Å². The number of methoxy groups -OCH3 is 1. The Hall–Kier alpha value is -2.08. The molecule has 0 aliphatic rings. The lowest BCUT2D eigenvalue weighted by molar-refractivity contribution is -0.140. The predicted octanol–water partition coefficient (Wildman–Crippen LogP) is 1.64. The van der Waals surface area contributed by atoms with Gasteiger partial charge in [0.2, 0.25) is 5.91 Å². The van der Waals surface area contributed by atoms with Crippen molar-refractivity contribution in [2.45, 2.75) is 26.8 Å². The van der Waals surface area contributed by atoms with E-state index in [1.807, 2.05) is 13.0 Å². The maximum absolute atomic E-state index is 11.9. The molecule has 0 aliphatic heterocycles. The fourth-order valence-corrected chi connectivity index (χ4v) is 1.92. The number of nitrogens with one attached hydrogen (secondary N) is 2. The summed E-state index contributed by atoms with van der Waals surface area (Å²) in [7, 11) is 1.53. The van der Waals surface area contributed by atoms with Crippen molar-refractivity contribution >= 4 is 17.6 Å². The van der Waals surface area contributed by atoms with Crippen LogP contribution in [0.3, 0.4) is 0 Å². The number of carboxylic acids is 1. The van der Waals surface area contributed by atoms with E-state index in [2.05, 4.69) is 10.6 Å². The molecule has 3 N–H and O–H groups in total. The fraction of sp³-hybridized carbons (Fsp3) is 0.467. The van der Waals surface area contributed by atoms with Crippen LogP contribution in [0, 0.1) is 12.8 Å². The number of rotatable bonds is 7. The average Bonchev–Trinajstić information content (AvgIpc) is 2.38. The molecule has 0 heterocycles. The number of amides is 1. The largest absolute Gasteiger partial charge is 0.495 e. The molecular weight excluding hydrogens is 272 g/mol. The zero-order chi connectivity index (χ0) is 16.0. The van der Waals surface area contributed by atoms with E-state index in [0.29, 0.717) is 11.4 Å². The first kappa shape index (κ1) is 17.0. The number of aryl methyl sites for hydroxylation is 1. The van der Waals surface area contributed by atoms with E-state index in [4.69, 9.17) is 9.84 Å². The third-order valence-electron chi connectivity index (χ3n) is 3.04. The fourth-order valence-electron chi connectivity index (χ4n) is 1.92. The zero-order valence-electron chi connectivity index (χ0n) is 12.8. The van der Waals surface area contributed by atoms with Gasteiger partial charge >= 0.3 is 5.97 Å². The lowest BCUT2D eigenvalue weighted by Crippen LogP contribution is -2.44. The van der Waals surface area contributed by atoms with Crippen LogP contribution in [0.2, 0.25) is 0 Å². The molecule has 0 fully saturated rings. The number of aliphatic carboxylic acids is 1. The molecule has 1 atom stereocenters. The second-order valence-corrected chi connectivity index (χ2v) is 5.19. The highest BCUT2D eigenvalue weighted by molar-refractivity contribution is 5.94. The third-order valence-corrected chi connectivity index (χ3v) is 3.04. The predicted molar refractivity (Wildman–Crippen MR) is 80.6 cm³/mol. The Labute approximate surface area is 124 Å². The summed E-state index contributed by atoms with van der Waals surface area (Å²) in [5.41, 5.74) is 1.56. The summed E-state index contributed by atoms with van der Waals surface area (Å²) >= 11 is 0. The number of hydrogen-bond acceptors (Lipinski definition) is 4. The number of benzene rings is 1. The van der Waals surface area contributed by atoms with E-state index in [1.165, 1.54) is 7.11 Å². The van der Waals surface area contributed by atoms with Gasteiger partial charge in [-0.25, -0.2) is 0 Å². The Morgan fingerprint density at radius 1 is 1.33 bits per heavy atom. The molecule has 1 rings (SSSR count). The van der Waals surface area contributed by atoms with Gasteiger partial charge in [0.1, 0.15) is 11.8 Å². The molecule has 21 heavy (non-hydrogen) atoms. The normalized spacial score (nSPS) is 12.0. The van der Waals surface area contributed by atoms with Gasteiger partial charge in [-0.3, -0.25) is 14.9 Å². The first-order valence-electron chi connectivity index (χ1n) is 6.75. The summed E-state index contributed by atoms with van der Waals surface area (Å²) in [6, 6.07) is 4.70. The molecule has 1 unspecified atom stereocenters. The molecule has 1 aromatic carbocycles. The highest BCUT2D eigenvalue weighted by Gasteiger charge is 2.21. The number of ether oxygens (including phenoxy) is 1. The quantitative estimate of drug-likeness (QED) is 0.711. The van der Waals surface area contributed by atoms with Crippen molar-refractivity contribution < 1.29 is 19.4 Å². The van der Waals surface area contributed by atoms with E-state index in [1.54, 1.807) is 26.0 Å². The minimum atomic E-state index is -0.967. The summed E-state index contributed by atoms with van der Waals surface area (Å²) in [4.78, 5) is 23.0. The summed E-state index contributed by atoms with van der Waals surface area (Å²) in [6.07, 6.45) is 0. The topological polar surface area (TPSA) is 87.7 Å². The van der Waals surface area contributed by atoms with Crippen molar-refractivity contribution in [3.63, 3.8) is 0 Å². The number of anilines is 1. The van der Waals surface area contributed by atoms with Crippen molar-refractivity contribution in [1.29, 1.82) is 0 Å². The lowest BCUT2D eigenvalue weighted by atomic mass is 10.1. The average molecular weight is 294 g/mol. The summed E-state index contributed by atoms with van der Waals surface area (Å²) < 4.78 is 5.17. The number of carbonyl (C=O) groups is 2. The molecule has 6 nitrogen and oxygen atoms in total. The van der Waals surface area contributed by atoms with Crippen molar-refractivity contribution in [1.82, 2.24) is 5.32 Å². The smallest absolute Gasteiger partial charge is 0.320 e. The van der Waals surface area contributed by atoms with E-state index < -0.39 is 12.0 Å². The highest BCUT2D eigenvalue weighted by atomic mass is 16.5. The molecule has 1 amide bonds. The number of carboxylic acid groups (broad SMARTS) is 1. The maximum atomic E-state index is 11.9. The van der Waals surface area contributed by atoms with Crippen LogP contribution in [-0.4, -0.2) is 36.7 Å². The Bertz CT molecular complexity index is 514. The Kier molecular flexibility index (Phi) is 6.17. The van der Waals surface area contributed by atoms with Gasteiger partial charge in [0.15, 0.2) is 0 Å². The Balaban J connectivity index is 2.66. The van der Waals surface area contributed by atoms with E-state index in [9.17, 15) is 9.59 Å². The second-order valence-electron chi connectivity index (χ2n) is 5.19. The minimum Gasteiger partial charge on any atom is -0.495 e. The van der Waals surface area contributed by atoms with Gasteiger partial charge in [-0.05, 0) is 30.5 Å². The summed E-state index contributed by atoms with van der Waals surface area (Å²) in [5, 5.41) is 14.5. The number of carbonyl (C=O) groups excluding carboxylic acids is 1. The lowest BCUT2D eigenvalue weighted by Gasteiger charge is -2.18. The minimum absolute atomic E-state index is 0.0771. The second kappa shape index (κ2) is 7.64. The molecular formula is C15H22N2O4. The number of hydrogen-bond donors (Lipinski definition) is 3. The molecule has 0 radical (unpaired) electrons. The van der Waals surface area contributed by atoms with Crippen LogP contribution >= 0.6 is 0 Å². The van der Waals surface area contributed by atoms with E-state index in [-0.39, 0.29) is 18.4 Å². The van der Waals surface area contributed by atoms with Gasteiger partial charge in [-0.1, -0.05) is 19.9 Å². The molecule has 0 saturated heterocycles. The van der Waals surface area contributed by atoms with Crippen molar-refractivity contribution in [3.8, 4) is 5.75 Å². The zero-order valence-corrected chi connectivity index (χ0v) is 12.8. The van der Waals surface area contributed by atoms with Crippen LogP contribution in [0.15, 0.2) is 18.2 Å². The van der Waals surface area contributed by atoms with Gasteiger partial charge in [-0.2, -0.15) is 0 Å². The molecule has 6 heteroatoms. The first-order chi connectivity index (χ1) is 9.85. The first-order valence-corrected chi connectivity index (χ1v) is 6.75. The molecule has 1 aromatic rings. The Morgan fingerprint density at radius 2 is 2.00 bits per heavy atom. The summed E-state index contributed by atoms with van der Waals surface area (Å²) in [6.45, 7) is 5.40. The standard InChI is InChI=1S/C15H22N2O4/c1-9(2)14(15(19)20)16-8-13(18)17-11-7-10(3)5-6-12(11)21-4/h5-7,9,14,16H,8H2,1-4H3,(H,17,18)(H,19,20). The van der Waals surface area contributed by atoms with Gasteiger partial charge in [0, 0.05) is 0 Å². The molecule has 0 bridgehead atoms. The van der Waals surface area contributed by atoms with Crippen LogP contribution in [0.25, 0.3) is 0 Å². The van der Waals surface area contributed by atoms with Gasteiger partial charge in [-0.15, -0.1) is 0 Å². The van der Waals surface area contributed by atoms with E-state index >= 15 is 0 Å². The van der Waals surface area contributed by atoms with Gasteiger partial charge < -0.3 is 15.2 Å².